The largest absolute Gasteiger partial charge is 0.489 e. The molecule has 0 radical (unpaired) electrons. The smallest absolute Gasteiger partial charge is 0.119 e. The van der Waals surface area contributed by atoms with Crippen molar-refractivity contribution in [2.24, 2.45) is 5.73 Å². The molecule has 0 aliphatic heterocycles. The van der Waals surface area contributed by atoms with Crippen molar-refractivity contribution in [3.05, 3.63) is 77.9 Å². The monoisotopic (exact) mass is 277 g/mol. The molecule has 3 rings (SSSR count). The van der Waals surface area contributed by atoms with Crippen molar-refractivity contribution in [3.63, 3.8) is 0 Å². The van der Waals surface area contributed by atoms with Crippen LogP contribution in [-0.2, 0) is 6.61 Å². The van der Waals surface area contributed by atoms with Gasteiger partial charge >= 0.3 is 0 Å². The summed E-state index contributed by atoms with van der Waals surface area (Å²) >= 11 is 0. The van der Waals surface area contributed by atoms with Crippen molar-refractivity contribution < 1.29 is 4.74 Å². The lowest BCUT2D eigenvalue weighted by Gasteiger charge is -2.10. The Balaban J connectivity index is 1.77. The molecule has 21 heavy (non-hydrogen) atoms. The maximum atomic E-state index is 5.89. The second kappa shape index (κ2) is 5.98. The van der Waals surface area contributed by atoms with Crippen LogP contribution in [0.5, 0.6) is 5.75 Å². The Morgan fingerprint density at radius 2 is 1.62 bits per heavy atom. The molecule has 1 unspecified atom stereocenters. The molecule has 0 saturated heterocycles. The van der Waals surface area contributed by atoms with Crippen molar-refractivity contribution in [3.8, 4) is 5.75 Å². The third kappa shape index (κ3) is 3.06. The van der Waals surface area contributed by atoms with Crippen LogP contribution >= 0.6 is 0 Å². The molecule has 3 aromatic carbocycles. The molecule has 3 aromatic rings. The van der Waals surface area contributed by atoms with E-state index in [1.54, 1.807) is 0 Å². The first-order valence-electron chi connectivity index (χ1n) is 7.19. The van der Waals surface area contributed by atoms with Crippen molar-refractivity contribution in [2.45, 2.75) is 19.6 Å². The minimum Gasteiger partial charge on any atom is -0.489 e. The van der Waals surface area contributed by atoms with Gasteiger partial charge in [-0.3, -0.25) is 0 Å². The van der Waals surface area contributed by atoms with Crippen LogP contribution in [0.1, 0.15) is 24.1 Å². The molecule has 1 atom stereocenters. The minimum atomic E-state index is 0.0529. The van der Waals surface area contributed by atoms with E-state index in [2.05, 4.69) is 42.5 Å². The number of benzene rings is 3. The number of rotatable bonds is 4. The van der Waals surface area contributed by atoms with Crippen LogP contribution in [-0.4, -0.2) is 0 Å². The van der Waals surface area contributed by atoms with Gasteiger partial charge in [-0.05, 0) is 41.0 Å². The van der Waals surface area contributed by atoms with Crippen molar-refractivity contribution >= 4 is 10.8 Å². The van der Waals surface area contributed by atoms with E-state index >= 15 is 0 Å². The fourth-order valence-electron chi connectivity index (χ4n) is 2.45. The van der Waals surface area contributed by atoms with E-state index in [0.29, 0.717) is 6.61 Å². The van der Waals surface area contributed by atoms with Gasteiger partial charge in [0.25, 0.3) is 0 Å². The van der Waals surface area contributed by atoms with Gasteiger partial charge in [-0.15, -0.1) is 0 Å². The third-order valence-electron chi connectivity index (χ3n) is 3.68. The van der Waals surface area contributed by atoms with E-state index < -0.39 is 0 Å². The van der Waals surface area contributed by atoms with Crippen molar-refractivity contribution in [1.82, 2.24) is 0 Å². The maximum Gasteiger partial charge on any atom is 0.119 e. The molecule has 0 spiro atoms. The number of hydrogen-bond donors (Lipinski definition) is 1. The summed E-state index contributed by atoms with van der Waals surface area (Å²) in [5.74, 6) is 0.868. The number of ether oxygens (including phenoxy) is 1. The van der Waals surface area contributed by atoms with Crippen molar-refractivity contribution in [2.75, 3.05) is 0 Å². The summed E-state index contributed by atoms with van der Waals surface area (Å²) in [6.45, 7) is 2.55. The van der Waals surface area contributed by atoms with Gasteiger partial charge in [-0.25, -0.2) is 0 Å². The molecule has 106 valence electrons. The molecule has 2 nitrogen and oxygen atoms in total. The van der Waals surface area contributed by atoms with Gasteiger partial charge in [0, 0.05) is 6.04 Å². The molecule has 0 saturated carbocycles. The fraction of sp³-hybridized carbons (Fsp3) is 0.158. The van der Waals surface area contributed by atoms with Crippen LogP contribution < -0.4 is 10.5 Å². The van der Waals surface area contributed by atoms with E-state index in [1.807, 2.05) is 31.2 Å². The van der Waals surface area contributed by atoms with E-state index in [9.17, 15) is 0 Å². The Morgan fingerprint density at radius 3 is 2.38 bits per heavy atom. The first kappa shape index (κ1) is 13.7. The highest BCUT2D eigenvalue weighted by Crippen LogP contribution is 2.21. The molecular formula is C19H19NO. The zero-order chi connectivity index (χ0) is 14.7. The quantitative estimate of drug-likeness (QED) is 0.765. The Bertz CT molecular complexity index is 727. The highest BCUT2D eigenvalue weighted by Gasteiger charge is 2.03. The zero-order valence-corrected chi connectivity index (χ0v) is 12.1. The standard InChI is InChI=1S/C19H19NO/c1-14(20)15-9-11-18(12-10-15)21-13-17-7-4-6-16-5-2-3-8-19(16)17/h2-12,14H,13,20H2,1H3. The Labute approximate surface area is 125 Å². The van der Waals surface area contributed by atoms with Crippen LogP contribution in [0.2, 0.25) is 0 Å². The van der Waals surface area contributed by atoms with E-state index in [4.69, 9.17) is 10.5 Å². The fourth-order valence-corrected chi connectivity index (χ4v) is 2.45. The van der Waals surface area contributed by atoms with Crippen LogP contribution in [0.25, 0.3) is 10.8 Å². The summed E-state index contributed by atoms with van der Waals surface area (Å²) in [4.78, 5) is 0. The molecule has 0 aromatic heterocycles. The lowest BCUT2D eigenvalue weighted by Crippen LogP contribution is -2.04. The SMILES string of the molecule is CC(N)c1ccc(OCc2cccc3ccccc23)cc1. The molecule has 0 aliphatic carbocycles. The summed E-state index contributed by atoms with van der Waals surface area (Å²) in [7, 11) is 0. The molecule has 0 heterocycles. The number of nitrogens with two attached hydrogens (primary N) is 1. The second-order valence-electron chi connectivity index (χ2n) is 5.28. The lowest BCUT2D eigenvalue weighted by molar-refractivity contribution is 0.307. The molecule has 2 heteroatoms. The third-order valence-corrected chi connectivity index (χ3v) is 3.68. The zero-order valence-electron chi connectivity index (χ0n) is 12.1. The topological polar surface area (TPSA) is 35.2 Å². The molecule has 0 amide bonds. The normalized spacial score (nSPS) is 12.3. The Hall–Kier alpha value is -2.32. The van der Waals surface area contributed by atoms with Crippen LogP contribution in [0, 0.1) is 0 Å². The van der Waals surface area contributed by atoms with Gasteiger partial charge in [-0.1, -0.05) is 54.6 Å². The van der Waals surface area contributed by atoms with Gasteiger partial charge in [0.15, 0.2) is 0 Å². The summed E-state index contributed by atoms with van der Waals surface area (Å²) in [5, 5.41) is 2.48. The van der Waals surface area contributed by atoms with E-state index in [-0.39, 0.29) is 6.04 Å². The molecule has 2 N–H and O–H groups in total. The molecular weight excluding hydrogens is 258 g/mol. The summed E-state index contributed by atoms with van der Waals surface area (Å²) in [6, 6.07) is 22.7. The highest BCUT2D eigenvalue weighted by atomic mass is 16.5. The van der Waals surface area contributed by atoms with Gasteiger partial charge < -0.3 is 10.5 Å². The van der Waals surface area contributed by atoms with E-state index in [1.165, 1.54) is 16.3 Å². The minimum absolute atomic E-state index is 0.0529. The van der Waals surface area contributed by atoms with Crippen LogP contribution in [0.4, 0.5) is 0 Å². The van der Waals surface area contributed by atoms with Gasteiger partial charge in [0.05, 0.1) is 0 Å². The first-order chi connectivity index (χ1) is 10.2. The predicted octanol–water partition coefficient (Wildman–Crippen LogP) is 4.44. The van der Waals surface area contributed by atoms with Gasteiger partial charge in [-0.2, -0.15) is 0 Å². The average molecular weight is 277 g/mol. The van der Waals surface area contributed by atoms with E-state index in [0.717, 1.165) is 11.3 Å². The summed E-state index contributed by atoms with van der Waals surface area (Å²) in [6.07, 6.45) is 0. The van der Waals surface area contributed by atoms with Gasteiger partial charge in [0.2, 0.25) is 0 Å². The van der Waals surface area contributed by atoms with Crippen LogP contribution in [0.15, 0.2) is 66.7 Å². The highest BCUT2D eigenvalue weighted by molar-refractivity contribution is 5.85. The van der Waals surface area contributed by atoms with Crippen molar-refractivity contribution in [1.29, 1.82) is 0 Å². The Morgan fingerprint density at radius 1 is 0.905 bits per heavy atom. The maximum absolute atomic E-state index is 5.89. The number of hydrogen-bond acceptors (Lipinski definition) is 2. The Kier molecular flexibility index (Phi) is 3.89. The number of fused-ring (bicyclic) bond motifs is 1. The second-order valence-corrected chi connectivity index (χ2v) is 5.28. The van der Waals surface area contributed by atoms with Gasteiger partial charge in [0.1, 0.15) is 12.4 Å². The molecule has 0 bridgehead atoms. The summed E-state index contributed by atoms with van der Waals surface area (Å²) < 4.78 is 5.89. The average Bonchev–Trinajstić information content (AvgIpc) is 2.53. The lowest BCUT2D eigenvalue weighted by atomic mass is 10.1. The molecule has 0 fully saturated rings. The predicted molar refractivity (Wildman–Crippen MR) is 87.3 cm³/mol. The van der Waals surface area contributed by atoms with Crippen LogP contribution in [0.3, 0.4) is 0 Å². The first-order valence-corrected chi connectivity index (χ1v) is 7.19. The summed E-state index contributed by atoms with van der Waals surface area (Å²) in [5.41, 5.74) is 8.17. The molecule has 0 aliphatic rings.